The van der Waals surface area contributed by atoms with Gasteiger partial charge in [-0.3, -0.25) is 9.69 Å². The molecule has 1 saturated heterocycles. The third kappa shape index (κ3) is 7.58. The fraction of sp³-hybridized carbons (Fsp3) is 0.308. The van der Waals surface area contributed by atoms with Gasteiger partial charge in [-0.2, -0.15) is 12.6 Å². The number of hydrogen-bond donors (Lipinski definition) is 1. The van der Waals surface area contributed by atoms with Crippen LogP contribution < -0.4 is 4.74 Å². The summed E-state index contributed by atoms with van der Waals surface area (Å²) in [7, 11) is 1.30. The van der Waals surface area contributed by atoms with Gasteiger partial charge in [0.15, 0.2) is 0 Å². The first-order chi connectivity index (χ1) is 17.7. The Hall–Kier alpha value is -3.34. The highest BCUT2D eigenvalue weighted by Crippen LogP contribution is 2.33. The van der Waals surface area contributed by atoms with Gasteiger partial charge in [0.1, 0.15) is 17.4 Å². The zero-order valence-corrected chi connectivity index (χ0v) is 21.9. The van der Waals surface area contributed by atoms with Gasteiger partial charge in [-0.05, 0) is 35.8 Å². The van der Waals surface area contributed by atoms with E-state index in [-0.39, 0.29) is 23.1 Å². The van der Waals surface area contributed by atoms with E-state index in [1.54, 1.807) is 36.4 Å². The van der Waals surface area contributed by atoms with E-state index in [1.165, 1.54) is 32.2 Å². The summed E-state index contributed by atoms with van der Waals surface area (Å²) in [6.07, 6.45) is 1.83. The summed E-state index contributed by atoms with van der Waals surface area (Å²) in [5, 5.41) is 0.180. The van der Waals surface area contributed by atoms with Gasteiger partial charge < -0.3 is 18.9 Å². The molecule has 0 spiro atoms. The monoisotopic (exact) mass is 547 g/mol. The van der Waals surface area contributed by atoms with Crippen molar-refractivity contribution in [1.82, 2.24) is 4.90 Å². The molecule has 1 aliphatic heterocycles. The first-order valence-electron chi connectivity index (χ1n) is 11.3. The Kier molecular flexibility index (Phi) is 10.1. The largest absolute Gasteiger partial charge is 0.468 e. The van der Waals surface area contributed by atoms with Crippen molar-refractivity contribution in [3.8, 4) is 5.75 Å². The molecule has 1 heterocycles. The number of hydrogen-bond acceptors (Lipinski definition) is 10. The third-order valence-electron chi connectivity index (χ3n) is 5.55. The predicted molar refractivity (Wildman–Crippen MR) is 137 cm³/mol. The van der Waals surface area contributed by atoms with E-state index in [0.29, 0.717) is 29.1 Å². The van der Waals surface area contributed by atoms with Crippen LogP contribution in [0.15, 0.2) is 60.2 Å². The summed E-state index contributed by atoms with van der Waals surface area (Å²) in [4.78, 5) is 50.5. The van der Waals surface area contributed by atoms with Crippen LogP contribution >= 0.6 is 24.2 Å². The highest BCUT2D eigenvalue weighted by atomic mass is 35.5. The van der Waals surface area contributed by atoms with Gasteiger partial charge in [-0.15, -0.1) is 0 Å². The van der Waals surface area contributed by atoms with Crippen LogP contribution in [0.3, 0.4) is 0 Å². The number of nitrogens with zero attached hydrogens (tertiary/aromatic N) is 1. The lowest BCUT2D eigenvalue weighted by atomic mass is 9.98. The number of halogens is 1. The number of benzene rings is 2. The number of methoxy groups -OCH3 is 1. The molecule has 1 unspecified atom stereocenters. The second-order valence-corrected chi connectivity index (χ2v) is 9.07. The van der Waals surface area contributed by atoms with E-state index in [4.69, 9.17) is 30.5 Å². The molecule has 2 aromatic rings. The molecule has 0 bridgehead atoms. The smallest absolute Gasteiger partial charge is 0.344 e. The molecule has 0 N–H and O–H groups in total. The van der Waals surface area contributed by atoms with Crippen molar-refractivity contribution in [2.45, 2.75) is 24.6 Å². The Morgan fingerprint density at radius 1 is 1.11 bits per heavy atom. The number of ether oxygens (including phenoxy) is 4. The number of para-hydroxylation sites is 1. The maximum absolute atomic E-state index is 12.7. The lowest BCUT2D eigenvalue weighted by Gasteiger charge is -2.36. The van der Waals surface area contributed by atoms with Gasteiger partial charge >= 0.3 is 23.9 Å². The number of rotatable bonds is 8. The van der Waals surface area contributed by atoms with Crippen LogP contribution in [-0.2, 0) is 28.6 Å². The Bertz CT molecular complexity index is 1200. The zero-order chi connectivity index (χ0) is 26.9. The molecule has 0 radical (unpaired) electrons. The minimum Gasteiger partial charge on any atom is -0.468 e. The molecule has 2 aromatic carbocycles. The molecule has 0 aromatic heterocycles. The Morgan fingerprint density at radius 3 is 2.51 bits per heavy atom. The van der Waals surface area contributed by atoms with E-state index in [2.05, 4.69) is 12.6 Å². The quantitative estimate of drug-likeness (QED) is 0.174. The molecule has 37 heavy (non-hydrogen) atoms. The Morgan fingerprint density at radius 2 is 1.81 bits per heavy atom. The van der Waals surface area contributed by atoms with Crippen molar-refractivity contribution in [3.05, 3.63) is 76.3 Å². The zero-order valence-electron chi connectivity index (χ0n) is 20.2. The molecule has 9 nitrogen and oxygen atoms in total. The van der Waals surface area contributed by atoms with Crippen molar-refractivity contribution in [2.24, 2.45) is 0 Å². The normalized spacial score (nSPS) is 17.5. The lowest BCUT2D eigenvalue weighted by molar-refractivity contribution is -0.147. The van der Waals surface area contributed by atoms with E-state index in [9.17, 15) is 19.2 Å². The highest BCUT2D eigenvalue weighted by molar-refractivity contribution is 7.81. The number of carbonyl (C=O) groups excluding carboxylic acids is 4. The summed E-state index contributed by atoms with van der Waals surface area (Å²) >= 11 is 10.9. The molecule has 1 fully saturated rings. The maximum atomic E-state index is 12.7. The van der Waals surface area contributed by atoms with Crippen molar-refractivity contribution >= 4 is 48.1 Å². The minimum atomic E-state index is -0.825. The molecule has 11 heteroatoms. The van der Waals surface area contributed by atoms with Crippen molar-refractivity contribution in [1.29, 1.82) is 0 Å². The summed E-state index contributed by atoms with van der Waals surface area (Å²) in [5.41, 5.74) is 1.22. The molecule has 3 rings (SSSR count). The summed E-state index contributed by atoms with van der Waals surface area (Å²) in [6.45, 7) is 1.32. The Labute approximate surface area is 224 Å². The Balaban J connectivity index is 1.65. The summed E-state index contributed by atoms with van der Waals surface area (Å²) < 4.78 is 20.1. The number of esters is 4. The second kappa shape index (κ2) is 13.3. The molecule has 1 aliphatic rings. The van der Waals surface area contributed by atoms with E-state index >= 15 is 0 Å². The van der Waals surface area contributed by atoms with Crippen molar-refractivity contribution in [3.63, 3.8) is 0 Å². The highest BCUT2D eigenvalue weighted by Gasteiger charge is 2.34. The van der Waals surface area contributed by atoms with Crippen molar-refractivity contribution < 1.29 is 38.1 Å². The van der Waals surface area contributed by atoms with Crippen LogP contribution in [0.25, 0.3) is 0 Å². The van der Waals surface area contributed by atoms with E-state index < -0.39 is 36.7 Å². The molecule has 2 atom stereocenters. The van der Waals surface area contributed by atoms with Crippen LogP contribution in [-0.4, -0.2) is 61.0 Å². The second-order valence-electron chi connectivity index (χ2n) is 8.04. The molecular formula is C26H26ClNO8S. The fourth-order valence-electron chi connectivity index (χ4n) is 3.83. The minimum absolute atomic E-state index is 0.0128. The van der Waals surface area contributed by atoms with Gasteiger partial charge in [0.05, 0.1) is 7.11 Å². The van der Waals surface area contributed by atoms with E-state index in [1.807, 2.05) is 4.90 Å². The van der Waals surface area contributed by atoms with Gasteiger partial charge in [0.2, 0.25) is 6.79 Å². The summed E-state index contributed by atoms with van der Waals surface area (Å²) in [6, 6.07) is 12.3. The number of piperidine rings is 1. The summed E-state index contributed by atoms with van der Waals surface area (Å²) in [5.74, 6) is -2.61. The predicted octanol–water partition coefficient (Wildman–Crippen LogP) is 3.77. The van der Waals surface area contributed by atoms with Crippen LogP contribution in [0.1, 0.15) is 35.3 Å². The van der Waals surface area contributed by atoms with Crippen LogP contribution in [0.2, 0.25) is 5.02 Å². The van der Waals surface area contributed by atoms with Gasteiger partial charge in [-0.1, -0.05) is 41.9 Å². The standard InChI is InChI=1S/C26H26ClNO8S/c1-16(29)36-21-10-6-4-8-19(21)25(31)35-15-34-23(30)13-17-14-28(12-11-22(17)37)24(26(32)33-2)18-7-3-5-9-20(18)27/h3-10,13,22,24,37H,11-12,14-15H2,1-2H3/b17-13-/t22?,24-/m0/s1. The number of likely N-dealkylation sites (tertiary alicyclic amines) is 1. The number of carbonyl (C=O) groups is 4. The first kappa shape index (κ1) is 28.2. The molecular weight excluding hydrogens is 522 g/mol. The topological polar surface area (TPSA) is 108 Å². The average molecular weight is 548 g/mol. The molecule has 0 aliphatic carbocycles. The van der Waals surface area contributed by atoms with Crippen LogP contribution in [0.4, 0.5) is 0 Å². The molecule has 0 saturated carbocycles. The van der Waals surface area contributed by atoms with E-state index in [0.717, 1.165) is 0 Å². The van der Waals surface area contributed by atoms with Gasteiger partial charge in [-0.25, -0.2) is 14.4 Å². The van der Waals surface area contributed by atoms with Gasteiger partial charge in [0.25, 0.3) is 0 Å². The average Bonchev–Trinajstić information content (AvgIpc) is 2.87. The molecule has 196 valence electrons. The fourth-order valence-corrected chi connectivity index (χ4v) is 4.34. The maximum Gasteiger partial charge on any atom is 0.344 e. The first-order valence-corrected chi connectivity index (χ1v) is 12.2. The number of thiol groups is 1. The van der Waals surface area contributed by atoms with Crippen LogP contribution in [0, 0.1) is 0 Å². The SMILES string of the molecule is COC(=O)[C@H](c1ccccc1Cl)N1CCC(S)/C(=C\C(=O)OCOC(=O)c2ccccc2OC(C)=O)C1. The lowest BCUT2D eigenvalue weighted by Crippen LogP contribution is -2.42. The van der Waals surface area contributed by atoms with Gasteiger partial charge in [0, 0.05) is 36.4 Å². The third-order valence-corrected chi connectivity index (χ3v) is 6.48. The van der Waals surface area contributed by atoms with Crippen LogP contribution in [0.5, 0.6) is 5.75 Å². The van der Waals surface area contributed by atoms with Crippen molar-refractivity contribution in [2.75, 3.05) is 27.0 Å². The molecule has 0 amide bonds.